The van der Waals surface area contributed by atoms with E-state index in [-0.39, 0.29) is 29.6 Å². The van der Waals surface area contributed by atoms with E-state index >= 15 is 4.39 Å². The molecule has 0 unspecified atom stereocenters. The van der Waals surface area contributed by atoms with Crippen molar-refractivity contribution in [1.82, 2.24) is 10.2 Å². The van der Waals surface area contributed by atoms with Crippen LogP contribution in [0.2, 0.25) is 0 Å². The van der Waals surface area contributed by atoms with Crippen molar-refractivity contribution >= 4 is 11.7 Å². The average Bonchev–Trinajstić information content (AvgIpc) is 3.24. The summed E-state index contributed by atoms with van der Waals surface area (Å²) in [6.07, 6.45) is 2.05. The minimum atomic E-state index is -1.01. The summed E-state index contributed by atoms with van der Waals surface area (Å²) >= 11 is 0. The topological polar surface area (TPSA) is 128 Å². The molecular weight excluding hydrogens is 437 g/mol. The lowest BCUT2D eigenvalue weighted by atomic mass is 9.57. The summed E-state index contributed by atoms with van der Waals surface area (Å²) < 4.78 is 21.4. The van der Waals surface area contributed by atoms with Crippen LogP contribution in [0.25, 0.3) is 0 Å². The van der Waals surface area contributed by atoms with Crippen molar-refractivity contribution in [3.05, 3.63) is 51.8 Å². The molecule has 1 saturated heterocycles. The molecule has 4 N–H and O–H groups in total. The van der Waals surface area contributed by atoms with Gasteiger partial charge in [0.25, 0.3) is 0 Å². The number of carbonyl (C=O) groups is 1. The van der Waals surface area contributed by atoms with Crippen molar-refractivity contribution in [2.24, 2.45) is 17.1 Å². The van der Waals surface area contributed by atoms with Gasteiger partial charge >= 0.3 is 5.97 Å². The zero-order chi connectivity index (χ0) is 24.4. The Bertz CT molecular complexity index is 1270. The summed E-state index contributed by atoms with van der Waals surface area (Å²) in [5.74, 6) is -0.670. The Hall–Kier alpha value is -3.54. The van der Waals surface area contributed by atoms with Crippen molar-refractivity contribution < 1.29 is 19.0 Å². The maximum Gasteiger partial charge on any atom is 0.303 e. The first-order chi connectivity index (χ1) is 16.1. The number of nitrogens with two attached hydrogens (primary N) is 1. The molecule has 1 spiro atoms. The van der Waals surface area contributed by atoms with Gasteiger partial charge in [0, 0.05) is 30.9 Å². The fourth-order valence-corrected chi connectivity index (χ4v) is 6.37. The van der Waals surface area contributed by atoms with E-state index in [4.69, 9.17) is 15.6 Å². The number of aromatic amines is 1. The van der Waals surface area contributed by atoms with Gasteiger partial charge in [-0.25, -0.2) is 4.39 Å². The van der Waals surface area contributed by atoms with E-state index in [1.165, 1.54) is 0 Å². The lowest BCUT2D eigenvalue weighted by Crippen LogP contribution is -2.45. The molecule has 0 bridgehead atoms. The normalized spacial score (nSPS) is 23.4. The molecule has 0 radical (unpaired) electrons. The minimum Gasteiger partial charge on any atom is -0.481 e. The van der Waals surface area contributed by atoms with E-state index in [9.17, 15) is 10.1 Å². The third kappa shape index (κ3) is 2.94. The maximum absolute atomic E-state index is 15.7. The molecule has 1 atom stereocenters. The van der Waals surface area contributed by atoms with Gasteiger partial charge in [-0.15, -0.1) is 5.10 Å². The van der Waals surface area contributed by atoms with E-state index in [1.807, 2.05) is 26.8 Å². The first kappa shape index (κ1) is 22.3. The van der Waals surface area contributed by atoms with Crippen molar-refractivity contribution in [3.8, 4) is 11.9 Å². The molecule has 3 heterocycles. The number of benzene rings is 1. The molecule has 1 aromatic carbocycles. The largest absolute Gasteiger partial charge is 0.481 e. The molecule has 1 aliphatic carbocycles. The molecule has 2 aromatic rings. The number of H-pyrrole nitrogens is 1. The van der Waals surface area contributed by atoms with Crippen LogP contribution in [0.15, 0.2) is 23.6 Å². The number of aryl methyl sites for hydroxylation is 1. The molecule has 2 aliphatic heterocycles. The van der Waals surface area contributed by atoms with Gasteiger partial charge < -0.3 is 20.5 Å². The fraction of sp³-hybridized carbons (Fsp3) is 0.480. The number of hydrogen-bond acceptors (Lipinski definition) is 6. The summed E-state index contributed by atoms with van der Waals surface area (Å²) in [7, 11) is 0. The van der Waals surface area contributed by atoms with Crippen molar-refractivity contribution in [1.29, 1.82) is 5.26 Å². The van der Waals surface area contributed by atoms with E-state index in [0.717, 1.165) is 29.8 Å². The number of hydrogen-bond donors (Lipinski definition) is 3. The zero-order valence-corrected chi connectivity index (χ0v) is 19.5. The van der Waals surface area contributed by atoms with E-state index < -0.39 is 16.8 Å². The number of anilines is 1. The second kappa shape index (κ2) is 7.49. The molecule has 8 nitrogen and oxygen atoms in total. The van der Waals surface area contributed by atoms with Gasteiger partial charge in [0.2, 0.25) is 11.8 Å². The van der Waals surface area contributed by atoms with Gasteiger partial charge in [-0.1, -0.05) is 13.8 Å². The highest BCUT2D eigenvalue weighted by atomic mass is 19.1. The SMILES string of the molecule is Cc1[nH]nc2c1[C@@]1(C(C#N)=C(N)O2)c2cc(N3CCC(CC(=O)O)CC3)cc(F)c2CC1(C)C. The molecule has 0 amide bonds. The summed E-state index contributed by atoms with van der Waals surface area (Å²) in [5.41, 5.74) is 8.42. The second-order valence-electron chi connectivity index (χ2n) is 10.3. The predicted molar refractivity (Wildman–Crippen MR) is 123 cm³/mol. The van der Waals surface area contributed by atoms with E-state index in [2.05, 4.69) is 21.2 Å². The number of ether oxygens (including phenoxy) is 1. The number of piperidine rings is 1. The molecule has 178 valence electrons. The molecule has 0 saturated carbocycles. The van der Waals surface area contributed by atoms with Crippen LogP contribution in [0.4, 0.5) is 10.1 Å². The van der Waals surface area contributed by atoms with Gasteiger partial charge in [0.1, 0.15) is 17.5 Å². The molecule has 9 heteroatoms. The number of rotatable bonds is 3. The highest BCUT2D eigenvalue weighted by Gasteiger charge is 2.62. The highest BCUT2D eigenvalue weighted by Crippen LogP contribution is 2.63. The van der Waals surface area contributed by atoms with E-state index in [1.54, 1.807) is 6.07 Å². The first-order valence-electron chi connectivity index (χ1n) is 11.5. The first-order valence-corrected chi connectivity index (χ1v) is 11.5. The highest BCUT2D eigenvalue weighted by molar-refractivity contribution is 5.70. The lowest BCUT2D eigenvalue weighted by molar-refractivity contribution is -0.138. The number of aliphatic carboxylic acids is 1. The number of carboxylic acids is 1. The molecule has 1 aromatic heterocycles. The Kier molecular flexibility index (Phi) is 4.90. The Morgan fingerprint density at radius 3 is 2.76 bits per heavy atom. The monoisotopic (exact) mass is 465 g/mol. The predicted octanol–water partition coefficient (Wildman–Crippen LogP) is 3.50. The third-order valence-electron chi connectivity index (χ3n) is 7.89. The van der Waals surface area contributed by atoms with Crippen LogP contribution in [0.1, 0.15) is 55.5 Å². The third-order valence-corrected chi connectivity index (χ3v) is 7.89. The Labute approximate surface area is 197 Å². The van der Waals surface area contributed by atoms with Gasteiger partial charge in [-0.3, -0.25) is 9.89 Å². The van der Waals surface area contributed by atoms with Gasteiger partial charge in [0.05, 0.1) is 11.0 Å². The zero-order valence-electron chi connectivity index (χ0n) is 19.5. The van der Waals surface area contributed by atoms with Gasteiger partial charge in [-0.05, 0) is 60.8 Å². The minimum absolute atomic E-state index is 0.0114. The molecule has 3 aliphatic rings. The van der Waals surface area contributed by atoms with Crippen molar-refractivity contribution in [3.63, 3.8) is 0 Å². The average molecular weight is 466 g/mol. The van der Waals surface area contributed by atoms with Crippen LogP contribution in [0.3, 0.4) is 0 Å². The number of aromatic nitrogens is 2. The van der Waals surface area contributed by atoms with Gasteiger partial charge in [-0.2, -0.15) is 5.26 Å². The Morgan fingerprint density at radius 1 is 1.41 bits per heavy atom. The lowest BCUT2D eigenvalue weighted by Gasteiger charge is -2.44. The van der Waals surface area contributed by atoms with Crippen LogP contribution in [0.5, 0.6) is 5.88 Å². The van der Waals surface area contributed by atoms with Crippen LogP contribution in [-0.2, 0) is 16.6 Å². The quantitative estimate of drug-likeness (QED) is 0.633. The number of nitrogens with one attached hydrogen (secondary N) is 1. The number of nitriles is 1. The molecule has 34 heavy (non-hydrogen) atoms. The van der Waals surface area contributed by atoms with Crippen molar-refractivity contribution in [2.45, 2.75) is 51.9 Å². The number of carboxylic acid groups (broad SMARTS) is 1. The smallest absolute Gasteiger partial charge is 0.303 e. The number of halogens is 1. The van der Waals surface area contributed by atoms with Crippen LogP contribution in [0, 0.1) is 35.4 Å². The summed E-state index contributed by atoms with van der Waals surface area (Å²) in [5, 5.41) is 26.6. The Balaban J connectivity index is 1.67. The molecule has 5 rings (SSSR count). The van der Waals surface area contributed by atoms with Crippen molar-refractivity contribution in [2.75, 3.05) is 18.0 Å². The fourth-order valence-electron chi connectivity index (χ4n) is 6.37. The van der Waals surface area contributed by atoms with E-state index in [0.29, 0.717) is 36.5 Å². The standard InChI is InChI=1S/C25H28FN5O3/c1-13-21-23(30-29-13)34-22(28)18(12-27)25(21)17-9-15(10-19(26)16(17)11-24(25,2)3)31-6-4-14(5-7-31)8-20(32)33/h9-10,14H,4-8,11,28H2,1-3H3,(H,29,30)(H,32,33)/t25-/m0/s1. The Morgan fingerprint density at radius 2 is 2.12 bits per heavy atom. The van der Waals surface area contributed by atoms with Gasteiger partial charge in [0.15, 0.2) is 0 Å². The number of nitrogens with zero attached hydrogens (tertiary/aromatic N) is 3. The molecular formula is C25H28FN5O3. The van der Waals surface area contributed by atoms with Crippen LogP contribution >= 0.6 is 0 Å². The summed E-state index contributed by atoms with van der Waals surface area (Å²) in [4.78, 5) is 13.2. The van der Waals surface area contributed by atoms with Crippen LogP contribution in [-0.4, -0.2) is 34.4 Å². The molecule has 1 fully saturated rings. The number of allylic oxidation sites excluding steroid dienone is 1. The van der Waals surface area contributed by atoms with Crippen LogP contribution < -0.4 is 15.4 Å². The second-order valence-corrected chi connectivity index (χ2v) is 10.3. The summed E-state index contributed by atoms with van der Waals surface area (Å²) in [6, 6.07) is 5.83. The maximum atomic E-state index is 15.7. The number of fused-ring (bicyclic) bond motifs is 4. The summed E-state index contributed by atoms with van der Waals surface area (Å²) in [6.45, 7) is 7.21.